The Morgan fingerprint density at radius 3 is 2.57 bits per heavy atom. The van der Waals surface area contributed by atoms with E-state index in [1.165, 1.54) is 4.90 Å². The SMILES string of the molecule is CC(C)(C)OC(=O)N1CCCC1C(=O)NCc1cccc(NC(=O)C2CC2)c1. The number of amides is 3. The van der Waals surface area contributed by atoms with Crippen LogP contribution >= 0.6 is 0 Å². The molecule has 3 amide bonds. The monoisotopic (exact) mass is 387 g/mol. The van der Waals surface area contributed by atoms with Gasteiger partial charge in [0.25, 0.3) is 0 Å². The predicted molar refractivity (Wildman–Crippen MR) is 106 cm³/mol. The molecule has 0 spiro atoms. The fourth-order valence-corrected chi connectivity index (χ4v) is 3.23. The molecular formula is C21H29N3O4. The highest BCUT2D eigenvalue weighted by Gasteiger charge is 2.36. The molecule has 0 aromatic heterocycles. The van der Waals surface area contributed by atoms with Gasteiger partial charge in [0.15, 0.2) is 0 Å². The zero-order valence-corrected chi connectivity index (χ0v) is 16.8. The van der Waals surface area contributed by atoms with Gasteiger partial charge in [-0.3, -0.25) is 14.5 Å². The number of benzene rings is 1. The molecule has 2 fully saturated rings. The van der Waals surface area contributed by atoms with Crippen LogP contribution in [0, 0.1) is 5.92 Å². The lowest BCUT2D eigenvalue weighted by Gasteiger charge is -2.28. The van der Waals surface area contributed by atoms with E-state index in [0.717, 1.165) is 30.5 Å². The lowest BCUT2D eigenvalue weighted by molar-refractivity contribution is -0.125. The summed E-state index contributed by atoms with van der Waals surface area (Å²) in [5, 5.41) is 5.81. The van der Waals surface area contributed by atoms with Crippen molar-refractivity contribution in [2.24, 2.45) is 5.92 Å². The van der Waals surface area contributed by atoms with Crippen LogP contribution in [0.15, 0.2) is 24.3 Å². The number of hydrogen-bond acceptors (Lipinski definition) is 4. The zero-order valence-electron chi connectivity index (χ0n) is 16.8. The number of anilines is 1. The lowest BCUT2D eigenvalue weighted by atomic mass is 10.1. The van der Waals surface area contributed by atoms with Crippen LogP contribution in [0.25, 0.3) is 0 Å². The Morgan fingerprint density at radius 2 is 1.89 bits per heavy atom. The van der Waals surface area contributed by atoms with Gasteiger partial charge in [-0.1, -0.05) is 12.1 Å². The molecular weight excluding hydrogens is 358 g/mol. The Bertz CT molecular complexity index is 752. The number of carbonyl (C=O) groups excluding carboxylic acids is 3. The Kier molecular flexibility index (Phi) is 5.91. The molecule has 0 radical (unpaired) electrons. The van der Waals surface area contributed by atoms with Crippen LogP contribution in [0.2, 0.25) is 0 Å². The highest BCUT2D eigenvalue weighted by Crippen LogP contribution is 2.30. The Balaban J connectivity index is 1.54. The van der Waals surface area contributed by atoms with Gasteiger partial charge in [-0.2, -0.15) is 0 Å². The summed E-state index contributed by atoms with van der Waals surface area (Å²) < 4.78 is 5.41. The maximum atomic E-state index is 12.6. The van der Waals surface area contributed by atoms with E-state index in [9.17, 15) is 14.4 Å². The molecule has 7 nitrogen and oxygen atoms in total. The molecule has 1 unspecified atom stereocenters. The number of hydrogen-bond donors (Lipinski definition) is 2. The molecule has 152 valence electrons. The highest BCUT2D eigenvalue weighted by atomic mass is 16.6. The van der Waals surface area contributed by atoms with Crippen molar-refractivity contribution in [2.75, 3.05) is 11.9 Å². The van der Waals surface area contributed by atoms with E-state index in [2.05, 4.69) is 10.6 Å². The van der Waals surface area contributed by atoms with Crippen molar-refractivity contribution in [3.8, 4) is 0 Å². The lowest BCUT2D eigenvalue weighted by Crippen LogP contribution is -2.47. The van der Waals surface area contributed by atoms with Gasteiger partial charge in [-0.15, -0.1) is 0 Å². The minimum Gasteiger partial charge on any atom is -0.444 e. The second-order valence-corrected chi connectivity index (χ2v) is 8.51. The van der Waals surface area contributed by atoms with Crippen molar-refractivity contribution in [3.05, 3.63) is 29.8 Å². The molecule has 0 bridgehead atoms. The van der Waals surface area contributed by atoms with Crippen molar-refractivity contribution in [3.63, 3.8) is 0 Å². The summed E-state index contributed by atoms with van der Waals surface area (Å²) in [6, 6.07) is 6.95. The summed E-state index contributed by atoms with van der Waals surface area (Å²) in [6.07, 6.45) is 2.87. The van der Waals surface area contributed by atoms with Gasteiger partial charge in [0.1, 0.15) is 11.6 Å². The van der Waals surface area contributed by atoms with E-state index in [1.807, 2.05) is 45.0 Å². The maximum Gasteiger partial charge on any atom is 0.410 e. The summed E-state index contributed by atoms with van der Waals surface area (Å²) in [7, 11) is 0. The zero-order chi connectivity index (χ0) is 20.3. The topological polar surface area (TPSA) is 87.7 Å². The molecule has 1 saturated carbocycles. The third kappa shape index (κ3) is 5.47. The molecule has 7 heteroatoms. The van der Waals surface area contributed by atoms with Crippen LogP contribution < -0.4 is 10.6 Å². The second kappa shape index (κ2) is 8.20. The van der Waals surface area contributed by atoms with Crippen LogP contribution in [0.3, 0.4) is 0 Å². The minimum absolute atomic E-state index is 0.0557. The first-order valence-corrected chi connectivity index (χ1v) is 9.90. The van der Waals surface area contributed by atoms with E-state index < -0.39 is 17.7 Å². The fourth-order valence-electron chi connectivity index (χ4n) is 3.23. The molecule has 1 heterocycles. The number of likely N-dealkylation sites (tertiary alicyclic amines) is 1. The third-order valence-corrected chi connectivity index (χ3v) is 4.79. The van der Waals surface area contributed by atoms with E-state index in [1.54, 1.807) is 0 Å². The highest BCUT2D eigenvalue weighted by molar-refractivity contribution is 5.94. The maximum absolute atomic E-state index is 12.6. The van der Waals surface area contributed by atoms with Crippen molar-refractivity contribution >= 4 is 23.6 Å². The number of ether oxygens (including phenoxy) is 1. The first kappa shape index (κ1) is 20.2. The molecule has 1 aliphatic carbocycles. The Labute approximate surface area is 165 Å². The molecule has 3 rings (SSSR count). The quantitative estimate of drug-likeness (QED) is 0.813. The molecule has 2 N–H and O–H groups in total. The standard InChI is InChI=1S/C21H29N3O4/c1-21(2,3)28-20(27)24-11-5-8-17(24)19(26)22-13-14-6-4-7-16(12-14)23-18(25)15-9-10-15/h4,6-7,12,15,17H,5,8-11,13H2,1-3H3,(H,22,26)(H,23,25). The van der Waals surface area contributed by atoms with Gasteiger partial charge in [0.2, 0.25) is 11.8 Å². The predicted octanol–water partition coefficient (Wildman–Crippen LogP) is 3.05. The van der Waals surface area contributed by atoms with Gasteiger partial charge >= 0.3 is 6.09 Å². The van der Waals surface area contributed by atoms with E-state index in [-0.39, 0.29) is 17.7 Å². The van der Waals surface area contributed by atoms with Crippen molar-refractivity contribution in [2.45, 2.75) is 64.6 Å². The van der Waals surface area contributed by atoms with E-state index >= 15 is 0 Å². The minimum atomic E-state index is -0.591. The van der Waals surface area contributed by atoms with Crippen LogP contribution in [0.1, 0.15) is 52.0 Å². The van der Waals surface area contributed by atoms with Gasteiger partial charge in [0, 0.05) is 24.7 Å². The number of nitrogens with one attached hydrogen (secondary N) is 2. The molecule has 1 aromatic rings. The molecule has 1 saturated heterocycles. The number of nitrogens with zero attached hydrogens (tertiary/aromatic N) is 1. The molecule has 1 atom stereocenters. The van der Waals surface area contributed by atoms with E-state index in [0.29, 0.717) is 19.5 Å². The van der Waals surface area contributed by atoms with Gasteiger partial charge in [0.05, 0.1) is 0 Å². The van der Waals surface area contributed by atoms with Crippen LogP contribution in [0.5, 0.6) is 0 Å². The van der Waals surface area contributed by atoms with Crippen molar-refractivity contribution in [1.29, 1.82) is 0 Å². The van der Waals surface area contributed by atoms with E-state index in [4.69, 9.17) is 4.74 Å². The van der Waals surface area contributed by atoms with Crippen LogP contribution in [0.4, 0.5) is 10.5 Å². The first-order valence-electron chi connectivity index (χ1n) is 9.90. The summed E-state index contributed by atoms with van der Waals surface area (Å²) in [6.45, 7) is 6.29. The average molecular weight is 387 g/mol. The van der Waals surface area contributed by atoms with Crippen LogP contribution in [-0.4, -0.2) is 41.0 Å². The summed E-state index contributed by atoms with van der Waals surface area (Å²) >= 11 is 0. The molecule has 1 aromatic carbocycles. The second-order valence-electron chi connectivity index (χ2n) is 8.51. The summed E-state index contributed by atoms with van der Waals surface area (Å²) in [4.78, 5) is 38.4. The van der Waals surface area contributed by atoms with Crippen LogP contribution in [-0.2, 0) is 20.9 Å². The van der Waals surface area contributed by atoms with Gasteiger partial charge < -0.3 is 15.4 Å². The number of carbonyl (C=O) groups is 3. The normalized spacial score (nSPS) is 19.2. The third-order valence-electron chi connectivity index (χ3n) is 4.79. The summed E-state index contributed by atoms with van der Waals surface area (Å²) in [5.41, 5.74) is 1.04. The largest absolute Gasteiger partial charge is 0.444 e. The number of rotatable bonds is 5. The van der Waals surface area contributed by atoms with Crippen molar-refractivity contribution in [1.82, 2.24) is 10.2 Å². The molecule has 1 aliphatic heterocycles. The molecule has 2 aliphatic rings. The fraction of sp³-hybridized carbons (Fsp3) is 0.571. The van der Waals surface area contributed by atoms with Gasteiger partial charge in [-0.05, 0) is 64.2 Å². The summed E-state index contributed by atoms with van der Waals surface area (Å²) in [5.74, 6) is 0.0143. The first-order chi connectivity index (χ1) is 13.2. The average Bonchev–Trinajstić information content (AvgIpc) is 3.35. The molecule has 28 heavy (non-hydrogen) atoms. The van der Waals surface area contributed by atoms with Crippen molar-refractivity contribution < 1.29 is 19.1 Å². The smallest absolute Gasteiger partial charge is 0.410 e. The Hall–Kier alpha value is -2.57. The Morgan fingerprint density at radius 1 is 1.14 bits per heavy atom. The van der Waals surface area contributed by atoms with Gasteiger partial charge in [-0.25, -0.2) is 4.79 Å².